The molecule has 2 heteroatoms. The van der Waals surface area contributed by atoms with Gasteiger partial charge in [0.2, 0.25) is 0 Å². The van der Waals surface area contributed by atoms with E-state index in [0.717, 1.165) is 6.54 Å². The Labute approximate surface area is 37.7 Å². The Kier molecular flexibility index (Phi) is 0.821. The first-order valence-electron chi connectivity index (χ1n) is 2.28. The largest absolute Gasteiger partial charge is 0.275 e. The fraction of sp³-hybridized carbons (Fsp3) is 1.00. The van der Waals surface area contributed by atoms with Gasteiger partial charge >= 0.3 is 0 Å². The topological polar surface area (TPSA) is 15.5 Å². The van der Waals surface area contributed by atoms with Crippen LogP contribution in [0.3, 0.4) is 0 Å². The zero-order valence-electron chi connectivity index (χ0n) is 4.14. The van der Waals surface area contributed by atoms with E-state index in [2.05, 4.69) is 6.92 Å². The zero-order valence-corrected chi connectivity index (χ0v) is 4.14. The van der Waals surface area contributed by atoms with Crippen LogP contribution in [-0.4, -0.2) is 17.8 Å². The van der Waals surface area contributed by atoms with E-state index in [9.17, 15) is 0 Å². The van der Waals surface area contributed by atoms with Crippen LogP contribution in [0.5, 0.6) is 0 Å². The number of hydrogen-bond donors (Lipinski definition) is 0. The van der Waals surface area contributed by atoms with E-state index in [1.165, 1.54) is 0 Å². The van der Waals surface area contributed by atoms with Gasteiger partial charge in [0.1, 0.15) is 0 Å². The molecule has 6 heavy (non-hydrogen) atoms. The summed E-state index contributed by atoms with van der Waals surface area (Å²) in [4.78, 5) is 4.90. The quantitative estimate of drug-likeness (QED) is 0.435. The number of nitrogens with zero attached hydrogens (tertiary/aromatic N) is 1. The van der Waals surface area contributed by atoms with E-state index in [1.807, 2.05) is 12.0 Å². The van der Waals surface area contributed by atoms with Crippen molar-refractivity contribution in [2.45, 2.75) is 20.1 Å². The normalized spacial score (nSPS) is 43.0. The van der Waals surface area contributed by atoms with Crippen molar-refractivity contribution in [1.82, 2.24) is 5.06 Å². The van der Waals surface area contributed by atoms with Crippen LogP contribution < -0.4 is 0 Å². The summed E-state index contributed by atoms with van der Waals surface area (Å²) in [5, 5.41) is 1.92. The van der Waals surface area contributed by atoms with Crippen molar-refractivity contribution in [3.63, 3.8) is 0 Å². The van der Waals surface area contributed by atoms with Gasteiger partial charge in [-0.25, -0.2) is 0 Å². The van der Waals surface area contributed by atoms with Gasteiger partial charge in [-0.15, -0.1) is 0 Å². The average Bonchev–Trinajstić information content (AvgIpc) is 2.19. The third kappa shape index (κ3) is 0.533. The van der Waals surface area contributed by atoms with E-state index in [0.29, 0.717) is 6.23 Å². The third-order valence-electron chi connectivity index (χ3n) is 0.960. The summed E-state index contributed by atoms with van der Waals surface area (Å²) in [6, 6.07) is 0. The summed E-state index contributed by atoms with van der Waals surface area (Å²) in [5.74, 6) is 0. The van der Waals surface area contributed by atoms with Gasteiger partial charge in [0.15, 0.2) is 6.23 Å². The highest BCUT2D eigenvalue weighted by atomic mass is 16.8. The highest BCUT2D eigenvalue weighted by molar-refractivity contribution is 4.54. The first kappa shape index (κ1) is 4.09. The van der Waals surface area contributed by atoms with Crippen molar-refractivity contribution in [3.8, 4) is 0 Å². The fourth-order valence-corrected chi connectivity index (χ4v) is 0.500. The fourth-order valence-electron chi connectivity index (χ4n) is 0.500. The van der Waals surface area contributed by atoms with Crippen LogP contribution in [0.15, 0.2) is 0 Å². The lowest BCUT2D eigenvalue weighted by Gasteiger charge is -1.79. The summed E-state index contributed by atoms with van der Waals surface area (Å²) >= 11 is 0. The Morgan fingerprint density at radius 2 is 2.33 bits per heavy atom. The van der Waals surface area contributed by atoms with Gasteiger partial charge in [0, 0.05) is 6.54 Å². The van der Waals surface area contributed by atoms with Crippen molar-refractivity contribution >= 4 is 0 Å². The molecule has 1 heterocycles. The van der Waals surface area contributed by atoms with Crippen molar-refractivity contribution in [1.29, 1.82) is 0 Å². The molecule has 1 aliphatic rings. The molecule has 0 amide bonds. The first-order chi connectivity index (χ1) is 2.84. The third-order valence-corrected chi connectivity index (χ3v) is 0.960. The molecule has 0 aromatic carbocycles. The second-order valence-electron chi connectivity index (χ2n) is 1.44. The maximum absolute atomic E-state index is 4.90. The van der Waals surface area contributed by atoms with Crippen molar-refractivity contribution in [3.05, 3.63) is 0 Å². The molecule has 0 saturated carbocycles. The van der Waals surface area contributed by atoms with E-state index in [-0.39, 0.29) is 0 Å². The summed E-state index contributed by atoms with van der Waals surface area (Å²) < 4.78 is 0. The molecule has 2 unspecified atom stereocenters. The molecule has 36 valence electrons. The summed E-state index contributed by atoms with van der Waals surface area (Å²) in [5.41, 5.74) is 0. The van der Waals surface area contributed by atoms with Gasteiger partial charge in [0.25, 0.3) is 0 Å². The lowest BCUT2D eigenvalue weighted by atomic mass is 10.7. The average molecular weight is 87.1 g/mol. The molecule has 0 N–H and O–H groups in total. The lowest BCUT2D eigenvalue weighted by molar-refractivity contribution is 0.207. The minimum absolute atomic E-state index is 0.398. The summed E-state index contributed by atoms with van der Waals surface area (Å²) in [6.07, 6.45) is 0.398. The van der Waals surface area contributed by atoms with Crippen molar-refractivity contribution < 1.29 is 4.84 Å². The second kappa shape index (κ2) is 1.21. The van der Waals surface area contributed by atoms with Gasteiger partial charge in [-0.1, -0.05) is 0 Å². The molecular weight excluding hydrogens is 78.0 g/mol. The van der Waals surface area contributed by atoms with Crippen LogP contribution in [0.4, 0.5) is 0 Å². The highest BCUT2D eigenvalue weighted by Crippen LogP contribution is 2.16. The molecule has 0 radical (unpaired) electrons. The molecule has 2 atom stereocenters. The van der Waals surface area contributed by atoms with Gasteiger partial charge in [-0.2, -0.15) is 5.06 Å². The Morgan fingerprint density at radius 3 is 2.33 bits per heavy atom. The van der Waals surface area contributed by atoms with E-state index >= 15 is 0 Å². The number of hydrogen-bond acceptors (Lipinski definition) is 2. The summed E-state index contributed by atoms with van der Waals surface area (Å²) in [7, 11) is 0. The molecule has 2 nitrogen and oxygen atoms in total. The molecule has 1 rings (SSSR count). The van der Waals surface area contributed by atoms with Crippen LogP contribution in [0.1, 0.15) is 13.8 Å². The predicted molar refractivity (Wildman–Crippen MR) is 22.9 cm³/mol. The number of hydroxylamine groups is 2. The maximum atomic E-state index is 4.90. The minimum atomic E-state index is 0.398. The Morgan fingerprint density at radius 1 is 1.83 bits per heavy atom. The summed E-state index contributed by atoms with van der Waals surface area (Å²) in [6.45, 7) is 5.12. The Bertz CT molecular complexity index is 53.5. The van der Waals surface area contributed by atoms with Crippen LogP contribution in [0.2, 0.25) is 0 Å². The molecule has 0 spiro atoms. The molecule has 0 aromatic rings. The first-order valence-corrected chi connectivity index (χ1v) is 2.28. The Balaban J connectivity index is 2.09. The van der Waals surface area contributed by atoms with Gasteiger partial charge in [0.05, 0.1) is 0 Å². The van der Waals surface area contributed by atoms with E-state index < -0.39 is 0 Å². The monoisotopic (exact) mass is 87.1 g/mol. The van der Waals surface area contributed by atoms with E-state index in [1.54, 1.807) is 0 Å². The smallest absolute Gasteiger partial charge is 0.151 e. The van der Waals surface area contributed by atoms with Crippen molar-refractivity contribution in [2.75, 3.05) is 6.54 Å². The molecule has 1 saturated heterocycles. The van der Waals surface area contributed by atoms with E-state index in [4.69, 9.17) is 4.84 Å². The SMILES string of the molecule is CCN1OC1C. The molecule has 1 fully saturated rings. The van der Waals surface area contributed by atoms with Crippen LogP contribution in [-0.2, 0) is 4.84 Å². The van der Waals surface area contributed by atoms with Gasteiger partial charge in [-0.3, -0.25) is 4.84 Å². The van der Waals surface area contributed by atoms with Crippen LogP contribution in [0, 0.1) is 0 Å². The van der Waals surface area contributed by atoms with Crippen LogP contribution >= 0.6 is 0 Å². The minimum Gasteiger partial charge on any atom is -0.275 e. The lowest BCUT2D eigenvalue weighted by Crippen LogP contribution is -1.94. The predicted octanol–water partition coefficient (Wildman–Crippen LogP) is 0.600. The molecular formula is C4H9NO. The molecule has 0 bridgehead atoms. The molecule has 0 aromatic heterocycles. The Hall–Kier alpha value is -0.0800. The number of rotatable bonds is 1. The highest BCUT2D eigenvalue weighted by Gasteiger charge is 2.28. The van der Waals surface area contributed by atoms with Crippen molar-refractivity contribution in [2.24, 2.45) is 0 Å². The van der Waals surface area contributed by atoms with Gasteiger partial charge < -0.3 is 0 Å². The van der Waals surface area contributed by atoms with Crippen LogP contribution in [0.25, 0.3) is 0 Å². The molecule has 0 aliphatic carbocycles. The standard InChI is InChI=1S/C4H9NO/c1-3-5-4(2)6-5/h4H,3H2,1-2H3. The van der Waals surface area contributed by atoms with Gasteiger partial charge in [-0.05, 0) is 13.8 Å². The second-order valence-corrected chi connectivity index (χ2v) is 1.44. The maximum Gasteiger partial charge on any atom is 0.151 e. The zero-order chi connectivity index (χ0) is 4.57. The molecule has 1 aliphatic heterocycles.